The zero-order valence-corrected chi connectivity index (χ0v) is 17.1. The summed E-state index contributed by atoms with van der Waals surface area (Å²) in [5, 5.41) is 0. The molecule has 0 fully saturated rings. The van der Waals surface area contributed by atoms with Gasteiger partial charge in [-0.15, -0.1) is 0 Å². The van der Waals surface area contributed by atoms with Gasteiger partial charge in [0.15, 0.2) is 0 Å². The van der Waals surface area contributed by atoms with Crippen molar-refractivity contribution in [2.45, 2.75) is 18.5 Å². The van der Waals surface area contributed by atoms with Gasteiger partial charge in [0.25, 0.3) is 7.86 Å². The maximum Gasteiger partial charge on any atom is 0.269 e. The van der Waals surface area contributed by atoms with Crippen molar-refractivity contribution in [3.8, 4) is 0 Å². The Kier molecular flexibility index (Phi) is 7.04. The van der Waals surface area contributed by atoms with Gasteiger partial charge in [-0.2, -0.15) is 0 Å². The van der Waals surface area contributed by atoms with Crippen LogP contribution in [0.25, 0.3) is 0 Å². The zero-order chi connectivity index (χ0) is 9.28. The van der Waals surface area contributed by atoms with Crippen molar-refractivity contribution < 1.29 is 0 Å². The second kappa shape index (κ2) is 5.41. The normalized spacial score (nSPS) is 16.6. The molecular weight excluding hydrogens is 572 g/mol. The van der Waals surface area contributed by atoms with Crippen LogP contribution in [0.4, 0.5) is 0 Å². The molecule has 0 spiro atoms. The molecule has 0 N–H and O–H groups in total. The van der Waals surface area contributed by atoms with Crippen LogP contribution in [-0.4, -0.2) is 7.86 Å². The quantitative estimate of drug-likeness (QED) is 0.302. The minimum atomic E-state index is -1.49. The summed E-state index contributed by atoms with van der Waals surface area (Å²) >= 11 is 21.7. The second-order valence-corrected chi connectivity index (χ2v) is 48.6. The van der Waals surface area contributed by atoms with Crippen molar-refractivity contribution in [2.24, 2.45) is 0 Å². The molecule has 0 aromatic heterocycles. The van der Waals surface area contributed by atoms with Crippen molar-refractivity contribution in [3.05, 3.63) is 0 Å². The van der Waals surface area contributed by atoms with Gasteiger partial charge in [0, 0.05) is 0 Å². The topological polar surface area (TPSA) is 0 Å². The van der Waals surface area contributed by atoms with Crippen molar-refractivity contribution >= 4 is 99.6 Å². The lowest BCUT2D eigenvalue weighted by atomic mass is 10.6. The molecule has 0 saturated heterocycles. The van der Waals surface area contributed by atoms with Crippen LogP contribution in [0.3, 0.4) is 0 Å². The number of hydrogen-bond acceptors (Lipinski definition) is 0. The average Bonchev–Trinajstić information content (AvgIpc) is 1.56. The molecule has 68 valence electrons. The first-order valence-electron chi connectivity index (χ1n) is 2.76. The smallest absolute Gasteiger partial charge is 0.0964 e. The Hall–Kier alpha value is 3.31. The van der Waals surface area contributed by atoms with Crippen molar-refractivity contribution in [3.63, 3.8) is 0 Å². The van der Waals surface area contributed by atoms with Crippen molar-refractivity contribution in [1.29, 1.82) is 0 Å². The predicted molar refractivity (Wildman–Crippen MR) is 79.3 cm³/mol. The maximum atomic E-state index is 3.63. The van der Waals surface area contributed by atoms with Crippen LogP contribution in [0.15, 0.2) is 0 Å². The minimum Gasteiger partial charge on any atom is -0.0964 e. The van der Waals surface area contributed by atoms with E-state index in [1.54, 1.807) is 0 Å². The summed E-state index contributed by atoms with van der Waals surface area (Å²) in [5.41, 5.74) is 0.618. The molecule has 0 saturated carbocycles. The van der Waals surface area contributed by atoms with Crippen LogP contribution in [0.5, 0.6) is 0 Å². The lowest BCUT2D eigenvalue weighted by Crippen LogP contribution is -2.21. The van der Waals surface area contributed by atoms with Crippen LogP contribution in [0, 0.1) is 0 Å². The van der Waals surface area contributed by atoms with E-state index in [-0.39, 0.29) is 0 Å². The largest absolute Gasteiger partial charge is 0.269 e. The molecule has 8 heteroatoms. The maximum absolute atomic E-state index is 3.63. The Labute approximate surface area is 116 Å². The summed E-state index contributed by atoms with van der Waals surface area (Å²) in [4.78, 5) is 0. The fraction of sp³-hybridized carbons (Fsp3) is 1.00. The Bertz CT molecular complexity index is 125. The molecule has 0 rings (SSSR count). The third-order valence-corrected chi connectivity index (χ3v) is 13.8. The summed E-state index contributed by atoms with van der Waals surface area (Å²) in [6.07, 6.45) is 0. The van der Waals surface area contributed by atoms with Gasteiger partial charge < -0.3 is 0 Å². The fourth-order valence-electron chi connectivity index (χ4n) is 0.463. The molecule has 0 aromatic carbocycles. The third kappa shape index (κ3) is 8.32. The number of halogens is 6. The van der Waals surface area contributed by atoms with Gasteiger partial charge in [-0.05, 0) is 11.6 Å². The van der Waals surface area contributed by atoms with Crippen molar-refractivity contribution in [2.75, 3.05) is 0 Å². The first kappa shape index (κ1) is 14.3. The molecule has 0 aliphatic carbocycles. The summed E-state index contributed by atoms with van der Waals surface area (Å²) in [6, 6.07) is 1.13. The molecule has 0 bridgehead atoms. The van der Waals surface area contributed by atoms with E-state index in [0.29, 0.717) is 5.54 Å². The van der Waals surface area contributed by atoms with Gasteiger partial charge in [0.1, 0.15) is 0 Å². The summed E-state index contributed by atoms with van der Waals surface area (Å²) in [7, 11) is 0. The number of hydrogen-bond donors (Lipinski definition) is 0. The highest BCUT2D eigenvalue weighted by Crippen LogP contribution is 2.47. The highest BCUT2D eigenvalue weighted by atomic mass is 80.0. The van der Waals surface area contributed by atoms with Crippen LogP contribution in [0.2, 0.25) is 11.6 Å². The Morgan fingerprint density at radius 1 is 1.00 bits per heavy atom. The van der Waals surface area contributed by atoms with E-state index in [2.05, 4.69) is 98.7 Å². The average molecular weight is 578 g/mol. The van der Waals surface area contributed by atoms with E-state index in [0.717, 1.165) is 6.04 Å². The fourth-order valence-corrected chi connectivity index (χ4v) is 14.4. The molecule has 1 atom stereocenters. The number of rotatable bonds is 3. The van der Waals surface area contributed by atoms with Gasteiger partial charge in [-0.25, -0.2) is 0 Å². The molecule has 0 aliphatic rings. The van der Waals surface area contributed by atoms with Crippen LogP contribution < -0.4 is 0 Å². The van der Waals surface area contributed by atoms with E-state index in [4.69, 9.17) is 0 Å². The molecule has 0 aromatic rings. The van der Waals surface area contributed by atoms with E-state index in [9.17, 15) is 0 Å². The molecule has 1 unspecified atom stereocenters. The Morgan fingerprint density at radius 2 is 1.36 bits per heavy atom. The van der Waals surface area contributed by atoms with E-state index in [1.807, 2.05) is 0 Å². The van der Waals surface area contributed by atoms with Gasteiger partial charge in [-0.3, -0.25) is 0 Å². The highest BCUT2D eigenvalue weighted by Gasteiger charge is 2.36. The summed E-state index contributed by atoms with van der Waals surface area (Å²) in [6.45, 7) is 2.22. The standard InChI is InChI=1S/C3H6Br6Si2/c1-3(11(7,8)9)2-10(4,5)6/h3H,2H2,1H3. The third-order valence-electron chi connectivity index (χ3n) is 1.10. The SMILES string of the molecule is CC(C[Si](Br)(Br)Br)[Si](Br)(Br)Br. The van der Waals surface area contributed by atoms with E-state index < -0.39 is 7.86 Å². The van der Waals surface area contributed by atoms with Crippen LogP contribution in [0.1, 0.15) is 6.92 Å². The van der Waals surface area contributed by atoms with E-state index >= 15 is 0 Å². The lowest BCUT2D eigenvalue weighted by molar-refractivity contribution is 1.06. The van der Waals surface area contributed by atoms with Crippen LogP contribution in [-0.2, 0) is 0 Å². The molecule has 0 aliphatic heterocycles. The summed E-state index contributed by atoms with van der Waals surface area (Å²) < 4.78 is -2.94. The highest BCUT2D eigenvalue weighted by molar-refractivity contribution is 9.72. The molecule has 0 heterocycles. The first-order chi connectivity index (χ1) is 4.63. The van der Waals surface area contributed by atoms with Gasteiger partial charge in [0.05, 0.1) is 0 Å². The minimum absolute atomic E-state index is 0.618. The zero-order valence-electron chi connectivity index (χ0n) is 5.55. The van der Waals surface area contributed by atoms with Gasteiger partial charge >= 0.3 is 0 Å². The van der Waals surface area contributed by atoms with Gasteiger partial charge in [0.2, 0.25) is 0 Å². The molecule has 0 amide bonds. The molecule has 0 radical (unpaired) electrons. The summed E-state index contributed by atoms with van der Waals surface area (Å²) in [5.74, 6) is 0. The predicted octanol–water partition coefficient (Wildman–Crippen LogP) is 5.62. The molecule has 11 heavy (non-hydrogen) atoms. The Morgan fingerprint density at radius 3 is 1.45 bits per heavy atom. The second-order valence-electron chi connectivity index (χ2n) is 2.26. The Balaban J connectivity index is 3.99. The first-order valence-corrected chi connectivity index (χ1v) is 20.6. The monoisotopic (exact) mass is 572 g/mol. The molecule has 0 nitrogen and oxygen atoms in total. The molecular formula is C3H6Br6Si2. The van der Waals surface area contributed by atoms with Crippen LogP contribution >= 0.6 is 91.8 Å². The lowest BCUT2D eigenvalue weighted by Gasteiger charge is -2.21. The van der Waals surface area contributed by atoms with E-state index in [1.165, 1.54) is 0 Å². The van der Waals surface area contributed by atoms with Crippen molar-refractivity contribution in [1.82, 2.24) is 0 Å². The van der Waals surface area contributed by atoms with Gasteiger partial charge in [-0.1, -0.05) is 98.7 Å².